The van der Waals surface area contributed by atoms with Gasteiger partial charge in [-0.05, 0) is 19.1 Å². The molecule has 0 amide bonds. The lowest BCUT2D eigenvalue weighted by Gasteiger charge is -2.33. The maximum Gasteiger partial charge on any atom is 0.327 e. The van der Waals surface area contributed by atoms with E-state index in [0.29, 0.717) is 4.57 Å². The summed E-state index contributed by atoms with van der Waals surface area (Å²) in [4.78, 5) is 13.2. The molecule has 1 aliphatic rings. The summed E-state index contributed by atoms with van der Waals surface area (Å²) in [6, 6.07) is 0.995. The number of ether oxygens (including phenoxy) is 1. The Kier molecular flexibility index (Phi) is 3.35. The molecule has 19 heavy (non-hydrogen) atoms. The van der Waals surface area contributed by atoms with Gasteiger partial charge in [0, 0.05) is 12.3 Å². The van der Waals surface area contributed by atoms with Gasteiger partial charge in [0.05, 0.1) is 6.61 Å². The van der Waals surface area contributed by atoms with Crippen LogP contribution in [0.4, 0.5) is 4.39 Å². The SMILES string of the molecule is C[C@@]1(O)[C@H](O)[C@@H](CO)O[C@@]1(F)n1ccc(=O)[nH]c1=S. The highest BCUT2D eigenvalue weighted by atomic mass is 32.1. The summed E-state index contributed by atoms with van der Waals surface area (Å²) in [7, 11) is 0. The van der Waals surface area contributed by atoms with Crippen molar-refractivity contribution in [3.05, 3.63) is 27.4 Å². The van der Waals surface area contributed by atoms with Gasteiger partial charge in [0.25, 0.3) is 5.56 Å². The molecule has 0 spiro atoms. The quantitative estimate of drug-likeness (QED) is 0.520. The monoisotopic (exact) mass is 292 g/mol. The highest BCUT2D eigenvalue weighted by Crippen LogP contribution is 2.44. The van der Waals surface area contributed by atoms with Crippen LogP contribution < -0.4 is 5.56 Å². The zero-order chi connectivity index (χ0) is 14.4. The van der Waals surface area contributed by atoms with E-state index in [-0.39, 0.29) is 4.77 Å². The van der Waals surface area contributed by atoms with E-state index in [4.69, 9.17) is 22.1 Å². The topological polar surface area (TPSA) is 108 Å². The van der Waals surface area contributed by atoms with Gasteiger partial charge in [0.2, 0.25) is 0 Å². The molecule has 0 bridgehead atoms. The summed E-state index contributed by atoms with van der Waals surface area (Å²) in [5, 5.41) is 28.9. The third-order valence-electron chi connectivity index (χ3n) is 3.17. The average molecular weight is 292 g/mol. The van der Waals surface area contributed by atoms with Crippen LogP contribution in [0.25, 0.3) is 0 Å². The molecule has 4 atom stereocenters. The molecule has 1 saturated heterocycles. The number of aromatic nitrogens is 2. The molecule has 106 valence electrons. The van der Waals surface area contributed by atoms with Gasteiger partial charge < -0.3 is 20.1 Å². The fourth-order valence-electron chi connectivity index (χ4n) is 2.01. The number of hydrogen-bond donors (Lipinski definition) is 4. The number of hydrogen-bond acceptors (Lipinski definition) is 6. The number of aliphatic hydroxyl groups excluding tert-OH is 2. The summed E-state index contributed by atoms with van der Waals surface area (Å²) in [6.07, 6.45) is -1.97. The Balaban J connectivity index is 2.59. The first-order chi connectivity index (χ1) is 8.74. The molecule has 4 N–H and O–H groups in total. The van der Waals surface area contributed by atoms with Crippen molar-refractivity contribution >= 4 is 12.2 Å². The van der Waals surface area contributed by atoms with Crippen LogP contribution in [0.15, 0.2) is 17.1 Å². The lowest BCUT2D eigenvalue weighted by Crippen LogP contribution is -2.53. The molecule has 1 fully saturated rings. The Labute approximate surface area is 111 Å². The molecule has 9 heteroatoms. The van der Waals surface area contributed by atoms with Crippen LogP contribution in [0.2, 0.25) is 0 Å². The van der Waals surface area contributed by atoms with Crippen LogP contribution in [0, 0.1) is 4.77 Å². The van der Waals surface area contributed by atoms with Crippen molar-refractivity contribution in [2.24, 2.45) is 0 Å². The Morgan fingerprint density at radius 1 is 1.68 bits per heavy atom. The molecule has 1 aromatic heterocycles. The molecule has 2 heterocycles. The number of nitrogens with zero attached hydrogens (tertiary/aromatic N) is 1. The van der Waals surface area contributed by atoms with Crippen molar-refractivity contribution in [1.29, 1.82) is 0 Å². The fourth-order valence-corrected chi connectivity index (χ4v) is 2.29. The number of aromatic amines is 1. The molecule has 0 aromatic carbocycles. The molecule has 1 aromatic rings. The second-order valence-electron chi connectivity index (χ2n) is 4.47. The van der Waals surface area contributed by atoms with Crippen molar-refractivity contribution in [2.75, 3.05) is 6.61 Å². The maximum atomic E-state index is 14.9. The number of alkyl halides is 1. The van der Waals surface area contributed by atoms with Crippen molar-refractivity contribution in [2.45, 2.75) is 30.7 Å². The van der Waals surface area contributed by atoms with Crippen LogP contribution in [-0.2, 0) is 10.7 Å². The van der Waals surface area contributed by atoms with Crippen LogP contribution >= 0.6 is 12.2 Å². The predicted molar refractivity (Wildman–Crippen MR) is 63.6 cm³/mol. The summed E-state index contributed by atoms with van der Waals surface area (Å²) in [6.45, 7) is 0.333. The van der Waals surface area contributed by atoms with E-state index in [1.165, 1.54) is 0 Å². The molecule has 0 saturated carbocycles. The highest BCUT2D eigenvalue weighted by molar-refractivity contribution is 7.71. The largest absolute Gasteiger partial charge is 0.394 e. The highest BCUT2D eigenvalue weighted by Gasteiger charge is 2.65. The van der Waals surface area contributed by atoms with Gasteiger partial charge in [-0.15, -0.1) is 0 Å². The van der Waals surface area contributed by atoms with Crippen LogP contribution in [-0.4, -0.2) is 49.3 Å². The van der Waals surface area contributed by atoms with E-state index < -0.39 is 36.0 Å². The first kappa shape index (κ1) is 14.3. The Bertz CT molecular complexity index is 600. The number of nitrogens with one attached hydrogen (secondary N) is 1. The van der Waals surface area contributed by atoms with E-state index in [1.54, 1.807) is 0 Å². The third-order valence-corrected chi connectivity index (χ3v) is 3.47. The summed E-state index contributed by atoms with van der Waals surface area (Å²) in [5.74, 6) is -2.90. The minimum Gasteiger partial charge on any atom is -0.394 e. The van der Waals surface area contributed by atoms with Crippen molar-refractivity contribution in [3.8, 4) is 0 Å². The molecular formula is C10H13FN2O5S. The average Bonchev–Trinajstić information content (AvgIpc) is 2.50. The van der Waals surface area contributed by atoms with Gasteiger partial charge in [-0.25, -0.2) is 0 Å². The molecule has 1 aliphatic heterocycles. The Morgan fingerprint density at radius 3 is 2.79 bits per heavy atom. The van der Waals surface area contributed by atoms with Crippen LogP contribution in [0.1, 0.15) is 6.92 Å². The minimum absolute atomic E-state index is 0.318. The summed E-state index contributed by atoms with van der Waals surface area (Å²) >= 11 is 4.80. The maximum absolute atomic E-state index is 14.9. The van der Waals surface area contributed by atoms with E-state index in [9.17, 15) is 19.4 Å². The second kappa shape index (κ2) is 4.46. The summed E-state index contributed by atoms with van der Waals surface area (Å²) < 4.78 is 20.2. The Morgan fingerprint density at radius 2 is 2.32 bits per heavy atom. The lowest BCUT2D eigenvalue weighted by molar-refractivity contribution is -0.273. The van der Waals surface area contributed by atoms with Crippen LogP contribution in [0.5, 0.6) is 0 Å². The molecule has 0 aliphatic carbocycles. The zero-order valence-corrected chi connectivity index (χ0v) is 10.7. The third kappa shape index (κ3) is 1.94. The summed E-state index contributed by atoms with van der Waals surface area (Å²) in [5.41, 5.74) is -2.89. The minimum atomic E-state index is -2.90. The molecular weight excluding hydrogens is 279 g/mol. The zero-order valence-electron chi connectivity index (χ0n) is 9.91. The second-order valence-corrected chi connectivity index (χ2v) is 4.86. The standard InChI is InChI=1S/C10H13FN2O5S/c1-9(17)7(16)5(4-14)18-10(9,11)13-3-2-6(15)12-8(13)19/h2-3,5,7,14,16-17H,4H2,1H3,(H,12,15,19)/t5-,7-,9-,10+/m1/s1. The smallest absolute Gasteiger partial charge is 0.327 e. The van der Waals surface area contributed by atoms with E-state index in [2.05, 4.69) is 4.98 Å². The van der Waals surface area contributed by atoms with Gasteiger partial charge >= 0.3 is 5.98 Å². The number of aliphatic hydroxyl groups is 3. The van der Waals surface area contributed by atoms with E-state index in [1.807, 2.05) is 0 Å². The van der Waals surface area contributed by atoms with Crippen LogP contribution in [0.3, 0.4) is 0 Å². The molecule has 7 nitrogen and oxygen atoms in total. The van der Waals surface area contributed by atoms with E-state index >= 15 is 0 Å². The lowest BCUT2D eigenvalue weighted by atomic mass is 9.95. The van der Waals surface area contributed by atoms with Crippen molar-refractivity contribution in [3.63, 3.8) is 0 Å². The fraction of sp³-hybridized carbons (Fsp3) is 0.600. The normalized spacial score (nSPS) is 38.6. The van der Waals surface area contributed by atoms with Gasteiger partial charge in [-0.1, -0.05) is 0 Å². The Hall–Kier alpha value is -1.13. The van der Waals surface area contributed by atoms with Crippen molar-refractivity contribution in [1.82, 2.24) is 9.55 Å². The first-order valence-electron chi connectivity index (χ1n) is 5.44. The molecule has 0 radical (unpaired) electrons. The first-order valence-corrected chi connectivity index (χ1v) is 5.85. The van der Waals surface area contributed by atoms with Crippen molar-refractivity contribution < 1.29 is 24.4 Å². The number of rotatable bonds is 2. The number of halogens is 1. The van der Waals surface area contributed by atoms with Gasteiger partial charge in [-0.2, -0.15) is 4.39 Å². The molecule has 2 rings (SSSR count). The van der Waals surface area contributed by atoms with Gasteiger partial charge in [0.1, 0.15) is 12.2 Å². The molecule has 0 unspecified atom stereocenters. The van der Waals surface area contributed by atoms with Gasteiger partial charge in [0.15, 0.2) is 10.4 Å². The van der Waals surface area contributed by atoms with Gasteiger partial charge in [-0.3, -0.25) is 14.3 Å². The van der Waals surface area contributed by atoms with E-state index in [0.717, 1.165) is 19.2 Å². The number of H-pyrrole nitrogens is 1. The predicted octanol–water partition coefficient (Wildman–Crippen LogP) is -1.01.